The van der Waals surface area contributed by atoms with Crippen molar-refractivity contribution in [2.75, 3.05) is 26.3 Å². The summed E-state index contributed by atoms with van der Waals surface area (Å²) in [7, 11) is 0. The van der Waals surface area contributed by atoms with Gasteiger partial charge in [0.25, 0.3) is 5.91 Å². The summed E-state index contributed by atoms with van der Waals surface area (Å²) in [6.45, 7) is 5.04. The number of carbonyl (C=O) groups excluding carboxylic acids is 1. The van der Waals surface area contributed by atoms with Crippen molar-refractivity contribution in [3.63, 3.8) is 0 Å². The van der Waals surface area contributed by atoms with Crippen molar-refractivity contribution >= 4 is 17.2 Å². The SMILES string of the molecule is CCO[C@@H]1COC2(CCN(C(=O)c3ccsc3)CC2)C1. The largest absolute Gasteiger partial charge is 0.376 e. The molecule has 1 aromatic heterocycles. The normalized spacial score (nSPS) is 25.2. The third-order valence-corrected chi connectivity index (χ3v) is 4.99. The molecule has 2 fully saturated rings. The quantitative estimate of drug-likeness (QED) is 0.860. The highest BCUT2D eigenvalue weighted by molar-refractivity contribution is 7.08. The third kappa shape index (κ3) is 2.75. The molecule has 5 heteroatoms. The van der Waals surface area contributed by atoms with Crippen molar-refractivity contribution in [2.24, 2.45) is 0 Å². The second-order valence-corrected chi connectivity index (χ2v) is 6.36. The number of amides is 1. The molecule has 2 saturated heterocycles. The fourth-order valence-corrected chi connectivity index (χ4v) is 3.81. The molecule has 20 heavy (non-hydrogen) atoms. The Hall–Kier alpha value is -0.910. The van der Waals surface area contributed by atoms with Crippen molar-refractivity contribution in [1.29, 1.82) is 0 Å². The zero-order valence-corrected chi connectivity index (χ0v) is 12.7. The first-order chi connectivity index (χ1) is 9.72. The predicted molar refractivity (Wildman–Crippen MR) is 78.2 cm³/mol. The number of likely N-dealkylation sites (tertiary alicyclic amines) is 1. The van der Waals surface area contributed by atoms with E-state index in [1.807, 2.05) is 28.7 Å². The summed E-state index contributed by atoms with van der Waals surface area (Å²) >= 11 is 1.57. The molecule has 1 amide bonds. The smallest absolute Gasteiger partial charge is 0.254 e. The maximum absolute atomic E-state index is 12.3. The van der Waals surface area contributed by atoms with Gasteiger partial charge in [0, 0.05) is 31.5 Å². The van der Waals surface area contributed by atoms with E-state index in [1.54, 1.807) is 11.3 Å². The Kier molecular flexibility index (Phi) is 4.10. The van der Waals surface area contributed by atoms with Crippen LogP contribution in [-0.2, 0) is 9.47 Å². The van der Waals surface area contributed by atoms with Crippen molar-refractivity contribution in [2.45, 2.75) is 37.9 Å². The van der Waals surface area contributed by atoms with Gasteiger partial charge in [-0.05, 0) is 31.2 Å². The molecule has 1 spiro atoms. The van der Waals surface area contributed by atoms with Crippen LogP contribution in [0.5, 0.6) is 0 Å². The topological polar surface area (TPSA) is 38.8 Å². The molecule has 0 aromatic carbocycles. The zero-order valence-electron chi connectivity index (χ0n) is 11.8. The molecule has 1 aromatic rings. The first kappa shape index (κ1) is 14.0. The number of ether oxygens (including phenoxy) is 2. The van der Waals surface area contributed by atoms with E-state index in [-0.39, 0.29) is 17.6 Å². The Morgan fingerprint density at radius 1 is 1.55 bits per heavy atom. The summed E-state index contributed by atoms with van der Waals surface area (Å²) in [6.07, 6.45) is 3.05. The molecular weight excluding hydrogens is 274 g/mol. The molecule has 4 nitrogen and oxygen atoms in total. The highest BCUT2D eigenvalue weighted by atomic mass is 32.1. The molecule has 0 bridgehead atoms. The summed E-state index contributed by atoms with van der Waals surface area (Å²) in [4.78, 5) is 14.2. The van der Waals surface area contributed by atoms with Gasteiger partial charge >= 0.3 is 0 Å². The Labute approximate surface area is 123 Å². The maximum atomic E-state index is 12.3. The van der Waals surface area contributed by atoms with Gasteiger partial charge in [-0.3, -0.25) is 4.79 Å². The molecule has 3 heterocycles. The van der Waals surface area contributed by atoms with Gasteiger partial charge in [-0.15, -0.1) is 0 Å². The predicted octanol–water partition coefficient (Wildman–Crippen LogP) is 2.55. The van der Waals surface area contributed by atoms with Gasteiger partial charge in [0.2, 0.25) is 0 Å². The summed E-state index contributed by atoms with van der Waals surface area (Å²) < 4.78 is 11.7. The van der Waals surface area contributed by atoms with Gasteiger partial charge in [-0.1, -0.05) is 0 Å². The van der Waals surface area contributed by atoms with Gasteiger partial charge in [0.1, 0.15) is 0 Å². The Morgan fingerprint density at radius 2 is 2.35 bits per heavy atom. The first-order valence-corrected chi connectivity index (χ1v) is 8.24. The maximum Gasteiger partial charge on any atom is 0.254 e. The van der Waals surface area contributed by atoms with Crippen molar-refractivity contribution in [3.8, 4) is 0 Å². The van der Waals surface area contributed by atoms with Gasteiger partial charge in [-0.25, -0.2) is 0 Å². The number of piperidine rings is 1. The zero-order chi connectivity index (χ0) is 14.0. The van der Waals surface area contributed by atoms with Crippen LogP contribution in [0.15, 0.2) is 16.8 Å². The van der Waals surface area contributed by atoms with Crippen LogP contribution in [0.1, 0.15) is 36.5 Å². The van der Waals surface area contributed by atoms with Gasteiger partial charge in [0.15, 0.2) is 0 Å². The second kappa shape index (κ2) is 5.84. The van der Waals surface area contributed by atoms with Crippen LogP contribution in [0.2, 0.25) is 0 Å². The van der Waals surface area contributed by atoms with Crippen LogP contribution in [0, 0.1) is 0 Å². The Morgan fingerprint density at radius 3 is 3.00 bits per heavy atom. The molecule has 110 valence electrons. The standard InChI is InChI=1S/C15H21NO3S/c1-2-18-13-9-15(19-10-13)4-6-16(7-5-15)14(17)12-3-8-20-11-12/h3,8,11,13H,2,4-7,9-10H2,1H3/t13-/m0/s1. The fraction of sp³-hybridized carbons (Fsp3) is 0.667. The van der Waals surface area contributed by atoms with E-state index in [9.17, 15) is 4.79 Å². The molecule has 0 saturated carbocycles. The molecule has 1 atom stereocenters. The molecule has 2 aliphatic rings. The van der Waals surface area contributed by atoms with E-state index in [0.717, 1.165) is 44.5 Å². The summed E-state index contributed by atoms with van der Waals surface area (Å²) in [5, 5.41) is 3.87. The monoisotopic (exact) mass is 295 g/mol. The van der Waals surface area contributed by atoms with E-state index in [1.165, 1.54) is 0 Å². The third-order valence-electron chi connectivity index (χ3n) is 4.31. The van der Waals surface area contributed by atoms with Gasteiger partial charge in [-0.2, -0.15) is 11.3 Å². The average molecular weight is 295 g/mol. The van der Waals surface area contributed by atoms with Crippen LogP contribution in [0.4, 0.5) is 0 Å². The van der Waals surface area contributed by atoms with E-state index >= 15 is 0 Å². The second-order valence-electron chi connectivity index (χ2n) is 5.58. The van der Waals surface area contributed by atoms with E-state index < -0.39 is 0 Å². The minimum atomic E-state index is -0.0503. The Bertz CT molecular complexity index is 452. The van der Waals surface area contributed by atoms with Crippen molar-refractivity contribution < 1.29 is 14.3 Å². The lowest BCUT2D eigenvalue weighted by Gasteiger charge is -2.38. The molecule has 0 radical (unpaired) electrons. The summed E-state index contributed by atoms with van der Waals surface area (Å²) in [5.74, 6) is 0.153. The van der Waals surface area contributed by atoms with Crippen molar-refractivity contribution in [3.05, 3.63) is 22.4 Å². The number of nitrogens with zero attached hydrogens (tertiary/aromatic N) is 1. The highest BCUT2D eigenvalue weighted by Crippen LogP contribution is 2.37. The molecule has 0 N–H and O–H groups in total. The lowest BCUT2D eigenvalue weighted by molar-refractivity contribution is -0.0407. The minimum Gasteiger partial charge on any atom is -0.376 e. The fourth-order valence-electron chi connectivity index (χ4n) is 3.18. The average Bonchev–Trinajstić information content (AvgIpc) is 3.10. The van der Waals surface area contributed by atoms with Gasteiger partial charge < -0.3 is 14.4 Å². The Balaban J connectivity index is 1.56. The lowest BCUT2D eigenvalue weighted by Crippen LogP contribution is -2.46. The van der Waals surface area contributed by atoms with Crippen molar-refractivity contribution in [1.82, 2.24) is 4.90 Å². The summed E-state index contributed by atoms with van der Waals surface area (Å²) in [6, 6.07) is 1.90. The van der Waals surface area contributed by atoms with Crippen LogP contribution in [0.3, 0.4) is 0 Å². The number of thiophene rings is 1. The van der Waals surface area contributed by atoms with Crippen LogP contribution in [0.25, 0.3) is 0 Å². The molecule has 2 aliphatic heterocycles. The number of hydrogen-bond acceptors (Lipinski definition) is 4. The molecule has 3 rings (SSSR count). The number of hydrogen-bond donors (Lipinski definition) is 0. The molecule has 0 unspecified atom stereocenters. The van der Waals surface area contributed by atoms with E-state index in [0.29, 0.717) is 6.61 Å². The number of rotatable bonds is 3. The summed E-state index contributed by atoms with van der Waals surface area (Å²) in [5.41, 5.74) is 0.760. The molecule has 0 aliphatic carbocycles. The molecular formula is C15H21NO3S. The van der Waals surface area contributed by atoms with Crippen LogP contribution >= 0.6 is 11.3 Å². The first-order valence-electron chi connectivity index (χ1n) is 7.29. The van der Waals surface area contributed by atoms with E-state index in [4.69, 9.17) is 9.47 Å². The highest BCUT2D eigenvalue weighted by Gasteiger charge is 2.43. The van der Waals surface area contributed by atoms with Crippen LogP contribution < -0.4 is 0 Å². The lowest BCUT2D eigenvalue weighted by atomic mass is 9.88. The van der Waals surface area contributed by atoms with Gasteiger partial charge in [0.05, 0.1) is 23.9 Å². The minimum absolute atomic E-state index is 0.0503. The number of carbonyl (C=O) groups is 1. The van der Waals surface area contributed by atoms with Crippen LogP contribution in [-0.4, -0.2) is 48.8 Å². The van der Waals surface area contributed by atoms with E-state index in [2.05, 4.69) is 0 Å².